The number of carbonyl (C=O) groups is 1. The number of amides is 1. The van der Waals surface area contributed by atoms with Crippen LogP contribution in [0.15, 0.2) is 0 Å². The Bertz CT molecular complexity index is 266. The Balaban J connectivity index is 2.45. The van der Waals surface area contributed by atoms with Gasteiger partial charge in [0.15, 0.2) is 0 Å². The Morgan fingerprint density at radius 3 is 2.72 bits per heavy atom. The molecule has 0 aliphatic carbocycles. The van der Waals surface area contributed by atoms with E-state index in [2.05, 4.69) is 31.0 Å². The summed E-state index contributed by atoms with van der Waals surface area (Å²) in [7, 11) is 0. The average Bonchev–Trinajstić information content (AvgIpc) is 2.45. The predicted molar refractivity (Wildman–Crippen MR) is 75.3 cm³/mol. The van der Waals surface area contributed by atoms with Crippen molar-refractivity contribution < 1.29 is 4.79 Å². The number of nitrogens with zero attached hydrogens (tertiary/aromatic N) is 1. The van der Waals surface area contributed by atoms with Gasteiger partial charge in [-0.15, -0.1) is 0 Å². The molecule has 0 bridgehead atoms. The molecule has 106 valence electrons. The van der Waals surface area contributed by atoms with Crippen LogP contribution in [0.1, 0.15) is 46.5 Å². The molecule has 4 heteroatoms. The SMILES string of the molecule is CCCNC(CN1CCCC(C)(C)CC1)C(N)=O. The molecule has 1 rings (SSSR count). The van der Waals surface area contributed by atoms with E-state index >= 15 is 0 Å². The maximum absolute atomic E-state index is 11.4. The third-order valence-electron chi connectivity index (χ3n) is 3.86. The van der Waals surface area contributed by atoms with Crippen LogP contribution in [0.25, 0.3) is 0 Å². The fraction of sp³-hybridized carbons (Fsp3) is 0.929. The smallest absolute Gasteiger partial charge is 0.235 e. The van der Waals surface area contributed by atoms with E-state index in [1.807, 2.05) is 0 Å². The summed E-state index contributed by atoms with van der Waals surface area (Å²) in [5.41, 5.74) is 5.90. The van der Waals surface area contributed by atoms with Crippen LogP contribution in [0, 0.1) is 5.41 Å². The summed E-state index contributed by atoms with van der Waals surface area (Å²) in [6.07, 6.45) is 4.71. The second kappa shape index (κ2) is 7.10. The number of hydrogen-bond donors (Lipinski definition) is 2. The molecule has 1 unspecified atom stereocenters. The number of nitrogens with one attached hydrogen (secondary N) is 1. The molecule has 1 atom stereocenters. The minimum absolute atomic E-state index is 0.203. The first-order chi connectivity index (χ1) is 8.44. The van der Waals surface area contributed by atoms with E-state index in [1.54, 1.807) is 0 Å². The van der Waals surface area contributed by atoms with Gasteiger partial charge in [0.2, 0.25) is 5.91 Å². The summed E-state index contributed by atoms with van der Waals surface area (Å²) in [6, 6.07) is -0.203. The van der Waals surface area contributed by atoms with Gasteiger partial charge in [-0.3, -0.25) is 4.79 Å². The second-order valence-corrected chi connectivity index (χ2v) is 6.23. The molecule has 0 aromatic heterocycles. The molecule has 1 saturated heterocycles. The normalized spacial score (nSPS) is 22.4. The standard InChI is InChI=1S/C14H29N3O/c1-4-8-16-12(13(15)18)11-17-9-5-6-14(2,3)7-10-17/h12,16H,4-11H2,1-3H3,(H2,15,18). The Labute approximate surface area is 111 Å². The zero-order chi connectivity index (χ0) is 13.6. The Hall–Kier alpha value is -0.610. The monoisotopic (exact) mass is 255 g/mol. The highest BCUT2D eigenvalue weighted by molar-refractivity contribution is 5.80. The summed E-state index contributed by atoms with van der Waals surface area (Å²) in [6.45, 7) is 10.5. The van der Waals surface area contributed by atoms with E-state index in [-0.39, 0.29) is 11.9 Å². The summed E-state index contributed by atoms with van der Waals surface area (Å²) in [5.74, 6) is -0.230. The number of rotatable bonds is 6. The third kappa shape index (κ3) is 5.36. The molecule has 4 nitrogen and oxygen atoms in total. The van der Waals surface area contributed by atoms with Crippen LogP contribution in [0.5, 0.6) is 0 Å². The maximum Gasteiger partial charge on any atom is 0.235 e. The van der Waals surface area contributed by atoms with Crippen LogP contribution in [0.2, 0.25) is 0 Å². The summed E-state index contributed by atoms with van der Waals surface area (Å²) in [5, 5.41) is 3.24. The van der Waals surface area contributed by atoms with Crippen LogP contribution < -0.4 is 11.1 Å². The molecular weight excluding hydrogens is 226 g/mol. The van der Waals surface area contributed by atoms with Gasteiger partial charge in [-0.2, -0.15) is 0 Å². The first-order valence-electron chi connectivity index (χ1n) is 7.19. The first kappa shape index (κ1) is 15.4. The van der Waals surface area contributed by atoms with Crippen molar-refractivity contribution in [2.75, 3.05) is 26.2 Å². The molecule has 3 N–H and O–H groups in total. The van der Waals surface area contributed by atoms with Crippen molar-refractivity contribution in [2.45, 2.75) is 52.5 Å². The van der Waals surface area contributed by atoms with Gasteiger partial charge in [0.1, 0.15) is 0 Å². The van der Waals surface area contributed by atoms with Gasteiger partial charge < -0.3 is 16.0 Å². The predicted octanol–water partition coefficient (Wildman–Crippen LogP) is 1.35. The van der Waals surface area contributed by atoms with E-state index in [0.29, 0.717) is 5.41 Å². The molecule has 1 fully saturated rings. The summed E-state index contributed by atoms with van der Waals surface area (Å²) >= 11 is 0. The van der Waals surface area contributed by atoms with Gasteiger partial charge in [-0.25, -0.2) is 0 Å². The van der Waals surface area contributed by atoms with Gasteiger partial charge in [0.25, 0.3) is 0 Å². The molecule has 1 aliphatic rings. The van der Waals surface area contributed by atoms with Crippen molar-refractivity contribution in [3.63, 3.8) is 0 Å². The zero-order valence-electron chi connectivity index (χ0n) is 12.2. The van der Waals surface area contributed by atoms with Crippen molar-refractivity contribution in [1.29, 1.82) is 0 Å². The lowest BCUT2D eigenvalue weighted by Gasteiger charge is -2.26. The molecule has 1 heterocycles. The largest absolute Gasteiger partial charge is 0.368 e. The van der Waals surface area contributed by atoms with Crippen LogP contribution in [-0.4, -0.2) is 43.0 Å². The Morgan fingerprint density at radius 1 is 1.39 bits per heavy atom. The highest BCUT2D eigenvalue weighted by Gasteiger charge is 2.25. The number of likely N-dealkylation sites (tertiary alicyclic amines) is 1. The second-order valence-electron chi connectivity index (χ2n) is 6.23. The van der Waals surface area contributed by atoms with E-state index in [0.717, 1.165) is 32.6 Å². The highest BCUT2D eigenvalue weighted by Crippen LogP contribution is 2.29. The van der Waals surface area contributed by atoms with Crippen molar-refractivity contribution in [3.8, 4) is 0 Å². The van der Waals surface area contributed by atoms with Gasteiger partial charge in [-0.05, 0) is 50.7 Å². The van der Waals surface area contributed by atoms with Crippen LogP contribution >= 0.6 is 0 Å². The number of nitrogens with two attached hydrogens (primary N) is 1. The fourth-order valence-electron chi connectivity index (χ4n) is 2.49. The molecule has 0 saturated carbocycles. The maximum atomic E-state index is 11.4. The topological polar surface area (TPSA) is 58.4 Å². The van der Waals surface area contributed by atoms with E-state index < -0.39 is 0 Å². The fourth-order valence-corrected chi connectivity index (χ4v) is 2.49. The average molecular weight is 255 g/mol. The van der Waals surface area contributed by atoms with E-state index in [4.69, 9.17) is 5.73 Å². The van der Waals surface area contributed by atoms with Crippen LogP contribution in [-0.2, 0) is 4.79 Å². The van der Waals surface area contributed by atoms with Crippen molar-refractivity contribution >= 4 is 5.91 Å². The van der Waals surface area contributed by atoms with Crippen molar-refractivity contribution in [3.05, 3.63) is 0 Å². The quantitative estimate of drug-likeness (QED) is 0.753. The molecule has 1 amide bonds. The van der Waals surface area contributed by atoms with Crippen LogP contribution in [0.4, 0.5) is 0 Å². The summed E-state index contributed by atoms with van der Waals surface area (Å²) in [4.78, 5) is 13.8. The third-order valence-corrected chi connectivity index (χ3v) is 3.86. The van der Waals surface area contributed by atoms with Crippen molar-refractivity contribution in [1.82, 2.24) is 10.2 Å². The molecule has 18 heavy (non-hydrogen) atoms. The van der Waals surface area contributed by atoms with Gasteiger partial charge in [-0.1, -0.05) is 20.8 Å². The number of hydrogen-bond acceptors (Lipinski definition) is 3. The lowest BCUT2D eigenvalue weighted by atomic mass is 9.85. The minimum atomic E-state index is -0.230. The van der Waals surface area contributed by atoms with Gasteiger partial charge in [0, 0.05) is 6.54 Å². The Morgan fingerprint density at radius 2 is 2.11 bits per heavy atom. The molecule has 0 aromatic rings. The van der Waals surface area contributed by atoms with E-state index in [1.165, 1.54) is 19.3 Å². The van der Waals surface area contributed by atoms with E-state index in [9.17, 15) is 4.79 Å². The van der Waals surface area contributed by atoms with Gasteiger partial charge in [0.05, 0.1) is 6.04 Å². The lowest BCUT2D eigenvalue weighted by Crippen LogP contribution is -2.49. The van der Waals surface area contributed by atoms with Gasteiger partial charge >= 0.3 is 0 Å². The molecule has 0 spiro atoms. The zero-order valence-corrected chi connectivity index (χ0v) is 12.2. The van der Waals surface area contributed by atoms with Crippen molar-refractivity contribution in [2.24, 2.45) is 11.1 Å². The Kier molecular flexibility index (Phi) is 6.09. The highest BCUT2D eigenvalue weighted by atomic mass is 16.1. The minimum Gasteiger partial charge on any atom is -0.368 e. The lowest BCUT2D eigenvalue weighted by molar-refractivity contribution is -0.120. The van der Waals surface area contributed by atoms with Crippen LogP contribution in [0.3, 0.4) is 0 Å². The summed E-state index contributed by atoms with van der Waals surface area (Å²) < 4.78 is 0. The molecular formula is C14H29N3O. The molecule has 0 aromatic carbocycles. The molecule has 0 radical (unpaired) electrons. The number of carbonyl (C=O) groups excluding carboxylic acids is 1. The molecule has 1 aliphatic heterocycles. The first-order valence-corrected chi connectivity index (χ1v) is 7.19. The number of primary amides is 1.